The number of hydrogen-bond donors (Lipinski definition) is 5. The Bertz CT molecular complexity index is 1710. The van der Waals surface area contributed by atoms with Crippen molar-refractivity contribution in [2.45, 2.75) is 48.3 Å². The van der Waals surface area contributed by atoms with E-state index in [4.69, 9.17) is 0 Å². The molecule has 3 aliphatic rings. The zero-order valence-corrected chi connectivity index (χ0v) is 28.2. The average molecular weight is 678 g/mol. The van der Waals surface area contributed by atoms with Crippen LogP contribution in [-0.4, -0.2) is 102 Å². The molecule has 1 unspecified atom stereocenters. The van der Waals surface area contributed by atoms with E-state index in [1.807, 2.05) is 0 Å². The number of aromatic nitrogens is 1. The van der Waals surface area contributed by atoms with Crippen LogP contribution in [0.25, 0.3) is 0 Å². The van der Waals surface area contributed by atoms with E-state index in [0.717, 1.165) is 33.8 Å². The summed E-state index contributed by atoms with van der Waals surface area (Å²) in [6.07, 6.45) is 1.35. The molecular weight excluding hydrogens is 649 g/mol. The minimum absolute atomic E-state index is 0. The van der Waals surface area contributed by atoms with E-state index in [2.05, 4.69) is 20.9 Å². The number of carbonyl (C=O) groups is 7. The van der Waals surface area contributed by atoms with E-state index >= 15 is 0 Å². The number of carboxylic acids is 1. The van der Waals surface area contributed by atoms with E-state index in [1.165, 1.54) is 26.0 Å². The second-order valence-electron chi connectivity index (χ2n) is 11.2. The van der Waals surface area contributed by atoms with Gasteiger partial charge in [0, 0.05) is 31.0 Å². The first kappa shape index (κ1) is 35.5. The minimum atomic E-state index is -2.40. The molecule has 5 N–H and O–H groups in total. The molecule has 0 radical (unpaired) electrons. The van der Waals surface area contributed by atoms with Crippen molar-refractivity contribution in [2.24, 2.45) is 0 Å². The summed E-state index contributed by atoms with van der Waals surface area (Å²) in [5.74, 6) is -6.45. The number of benzene rings is 1. The molecule has 0 saturated carbocycles. The molecule has 1 aromatic carbocycles. The number of urea groups is 1. The van der Waals surface area contributed by atoms with Gasteiger partial charge in [0.15, 0.2) is 11.4 Å². The van der Waals surface area contributed by atoms with Crippen LogP contribution in [-0.2, 0) is 35.3 Å². The van der Waals surface area contributed by atoms with Crippen molar-refractivity contribution in [1.29, 1.82) is 0 Å². The zero-order chi connectivity index (χ0) is 33.6. The van der Waals surface area contributed by atoms with Crippen molar-refractivity contribution >= 4 is 53.8 Å². The second-order valence-corrected chi connectivity index (χ2v) is 12.9. The number of nitrogens with one attached hydrogen (secondary N) is 4. The van der Waals surface area contributed by atoms with Gasteiger partial charge in [0.2, 0.25) is 17.7 Å². The van der Waals surface area contributed by atoms with E-state index in [0.29, 0.717) is 11.3 Å². The van der Waals surface area contributed by atoms with Crippen LogP contribution in [0.5, 0.6) is 5.75 Å². The molecule has 2 aromatic rings. The van der Waals surface area contributed by atoms with Gasteiger partial charge < -0.3 is 40.8 Å². The van der Waals surface area contributed by atoms with Crippen LogP contribution in [0.3, 0.4) is 0 Å². The van der Waals surface area contributed by atoms with Crippen LogP contribution in [0.2, 0.25) is 0 Å². The predicted octanol–water partition coefficient (Wildman–Crippen LogP) is -5.92. The van der Waals surface area contributed by atoms with Crippen LogP contribution >= 0.6 is 11.8 Å². The van der Waals surface area contributed by atoms with Crippen molar-refractivity contribution in [3.63, 3.8) is 0 Å². The number of carbonyl (C=O) groups excluding carboxylic acids is 7. The maximum Gasteiger partial charge on any atom is 1.00 e. The summed E-state index contributed by atoms with van der Waals surface area (Å²) in [5, 5.41) is 28.5. The Kier molecular flexibility index (Phi) is 10.1. The first-order valence-electron chi connectivity index (χ1n) is 13.8. The Labute approximate surface area is 292 Å². The molecule has 0 spiro atoms. The Hall–Kier alpha value is -4.39. The zero-order valence-electron chi connectivity index (χ0n) is 25.3. The van der Waals surface area contributed by atoms with Crippen molar-refractivity contribution < 1.29 is 73.3 Å². The molecule has 1 aromatic heterocycles. The first-order valence-corrected chi connectivity index (χ1v) is 14.7. The van der Waals surface area contributed by atoms with E-state index in [9.17, 15) is 48.6 Å². The Morgan fingerprint density at radius 1 is 1.13 bits per heavy atom. The van der Waals surface area contributed by atoms with E-state index < -0.39 is 74.7 Å². The summed E-state index contributed by atoms with van der Waals surface area (Å²) in [6.45, 7) is 2.35. The third kappa shape index (κ3) is 6.08. The molecule has 5 rings (SSSR count). The summed E-state index contributed by atoms with van der Waals surface area (Å²) in [7, 11) is 0. The molecule has 3 fully saturated rings. The summed E-state index contributed by atoms with van der Waals surface area (Å²) in [5.41, 5.74) is -2.68. The fourth-order valence-electron chi connectivity index (χ4n) is 5.67. The fraction of sp³-hybridized carbons (Fsp3) is 0.357. The van der Waals surface area contributed by atoms with Gasteiger partial charge in [0.05, 0.1) is 17.3 Å². The fourth-order valence-corrected chi connectivity index (χ4v) is 7.38. The molecule has 3 aliphatic heterocycles. The third-order valence-corrected chi connectivity index (χ3v) is 9.68. The molecule has 4 atom stereocenters. The summed E-state index contributed by atoms with van der Waals surface area (Å²) >= 11 is 1.03. The number of β-lactam (4-membered cyclic amide) rings is 1. The van der Waals surface area contributed by atoms with Gasteiger partial charge >= 0.3 is 47.4 Å². The smallest absolute Gasteiger partial charge is 0.545 e. The number of carboxylic acid groups (broad SMARTS) is 1. The number of piperazine rings is 1. The van der Waals surface area contributed by atoms with Crippen LogP contribution in [0.1, 0.15) is 31.1 Å². The van der Waals surface area contributed by atoms with Gasteiger partial charge in [0.25, 0.3) is 5.91 Å². The van der Waals surface area contributed by atoms with E-state index in [1.54, 1.807) is 18.2 Å². The average Bonchev–Trinajstić information content (AvgIpc) is 3.23. The van der Waals surface area contributed by atoms with Gasteiger partial charge in [0.1, 0.15) is 17.5 Å². The number of amides is 7. The molecular formula is C28H28N7NaO10S. The number of nitrogens with zero attached hydrogens (tertiary/aromatic N) is 3. The molecule has 19 heteroatoms. The quantitative estimate of drug-likeness (QED) is 0.0725. The molecule has 242 valence electrons. The normalized spacial score (nSPS) is 23.5. The molecule has 7 amide bonds. The van der Waals surface area contributed by atoms with Crippen molar-refractivity contribution in [3.8, 4) is 5.75 Å². The van der Waals surface area contributed by atoms with Crippen LogP contribution < -0.4 is 56.0 Å². The van der Waals surface area contributed by atoms with Gasteiger partial charge in [-0.15, -0.1) is 11.8 Å². The molecule has 0 aliphatic carbocycles. The van der Waals surface area contributed by atoms with Crippen molar-refractivity contribution in [1.82, 2.24) is 35.6 Å². The Balaban J connectivity index is 0.00000500. The van der Waals surface area contributed by atoms with Crippen LogP contribution in [0.4, 0.5) is 4.79 Å². The minimum Gasteiger partial charge on any atom is -0.545 e. The summed E-state index contributed by atoms with van der Waals surface area (Å²) in [6, 6.07) is 4.98. The number of aromatic hydroxyl groups is 1. The maximum absolute atomic E-state index is 13.9. The van der Waals surface area contributed by atoms with Gasteiger partial charge in [-0.25, -0.2) is 4.79 Å². The monoisotopic (exact) mass is 677 g/mol. The number of thioether (sulfide) groups is 1. The largest absolute Gasteiger partial charge is 1.00 e. The second kappa shape index (κ2) is 13.4. The third-order valence-electron chi connectivity index (χ3n) is 8.07. The van der Waals surface area contributed by atoms with Crippen molar-refractivity contribution in [3.05, 3.63) is 64.1 Å². The van der Waals surface area contributed by atoms with Crippen molar-refractivity contribution in [2.75, 3.05) is 13.1 Å². The maximum atomic E-state index is 13.9. The Morgan fingerprint density at radius 2 is 1.81 bits per heavy atom. The SMILES string of the molecule is CC1(C)S[C@@H]2[C@@H](NC=O)C(=O)N2[C@@]1(NC(=O)C(NC(=O)N1CCN(Cc2cc(=O)c(O)c[nH]2)C(=O)C1=O)c1ccccc1)C(=O)[O-].[Na+]. The molecule has 4 heterocycles. The number of aliphatic carboxylic acids is 1. The van der Waals surface area contributed by atoms with Crippen LogP contribution in [0, 0.1) is 0 Å². The van der Waals surface area contributed by atoms with E-state index in [-0.39, 0.29) is 60.4 Å². The summed E-state index contributed by atoms with van der Waals surface area (Å²) in [4.78, 5) is 107. The first-order chi connectivity index (χ1) is 21.7. The predicted molar refractivity (Wildman–Crippen MR) is 155 cm³/mol. The number of H-pyrrole nitrogens is 1. The number of aromatic amines is 1. The van der Waals surface area contributed by atoms with Crippen LogP contribution in [0.15, 0.2) is 47.4 Å². The molecule has 17 nitrogen and oxygen atoms in total. The number of imide groups is 1. The molecule has 3 saturated heterocycles. The molecule has 0 bridgehead atoms. The summed E-state index contributed by atoms with van der Waals surface area (Å²) < 4.78 is -1.38. The topological polar surface area (TPSA) is 241 Å². The van der Waals surface area contributed by atoms with Gasteiger partial charge in [-0.05, 0) is 19.4 Å². The Morgan fingerprint density at radius 3 is 2.43 bits per heavy atom. The van der Waals surface area contributed by atoms with Gasteiger partial charge in [-0.3, -0.25) is 38.6 Å². The number of rotatable bonds is 9. The number of fused-ring (bicyclic) bond motifs is 1. The molecule has 47 heavy (non-hydrogen) atoms. The standard InChI is InChI=1S/C28H29N7O10S.Na/c1-27(2)28(25(43)44,35-21(40)19(30-13-36)24(35)46-27)32-20(39)18(14-6-4-3-5-7-14)31-26(45)34-9-8-33(22(41)23(34)42)12-15-10-16(37)17(38)11-29-15;/h3-7,10-11,13,18-19,24,38H,8-9,12H2,1-2H3,(H,29,37)(H,30,36)(H,31,45)(H,32,39)(H,43,44);/q;+1/p-1/t18?,19-,24+,28-;/m0./s1. The number of pyridine rings is 1. The van der Waals surface area contributed by atoms with Gasteiger partial charge in [-0.2, -0.15) is 0 Å². The number of hydrogen-bond acceptors (Lipinski definition) is 11. The van der Waals surface area contributed by atoms with Gasteiger partial charge in [-0.1, -0.05) is 30.3 Å².